The number of aromatic amines is 1. The van der Waals surface area contributed by atoms with Crippen LogP contribution in [0.5, 0.6) is 11.5 Å². The first kappa shape index (κ1) is 22.9. The molecule has 0 atom stereocenters. The van der Waals surface area contributed by atoms with Gasteiger partial charge in [-0.2, -0.15) is 5.26 Å². The van der Waals surface area contributed by atoms with Gasteiger partial charge in [0.15, 0.2) is 11.5 Å². The van der Waals surface area contributed by atoms with E-state index in [1.807, 2.05) is 86.7 Å². The number of imidazole rings is 1. The number of H-pyrrole nitrogens is 1. The molecule has 1 N–H and O–H groups in total. The van der Waals surface area contributed by atoms with Gasteiger partial charge >= 0.3 is 0 Å². The van der Waals surface area contributed by atoms with Crippen LogP contribution in [0.1, 0.15) is 35.0 Å². The predicted octanol–water partition coefficient (Wildman–Crippen LogP) is 6.64. The van der Waals surface area contributed by atoms with E-state index in [0.29, 0.717) is 42.5 Å². The fourth-order valence-electron chi connectivity index (χ4n) is 3.80. The molecule has 0 unspecified atom stereocenters. The fourth-order valence-corrected chi connectivity index (χ4v) is 3.80. The van der Waals surface area contributed by atoms with E-state index in [0.717, 1.165) is 33.3 Å². The van der Waals surface area contributed by atoms with Gasteiger partial charge in [-0.05, 0) is 67.3 Å². The van der Waals surface area contributed by atoms with Crippen LogP contribution in [-0.2, 0) is 13.0 Å². The molecule has 0 aliphatic carbocycles. The van der Waals surface area contributed by atoms with Crippen LogP contribution in [0.25, 0.3) is 22.7 Å². The van der Waals surface area contributed by atoms with Gasteiger partial charge in [-0.15, -0.1) is 6.58 Å². The number of nitriles is 1. The number of benzene rings is 3. The van der Waals surface area contributed by atoms with Gasteiger partial charge in [0.2, 0.25) is 0 Å². The van der Waals surface area contributed by atoms with E-state index >= 15 is 0 Å². The zero-order valence-corrected chi connectivity index (χ0v) is 19.5. The second kappa shape index (κ2) is 10.5. The quantitative estimate of drug-likeness (QED) is 0.230. The molecule has 0 bridgehead atoms. The third-order valence-electron chi connectivity index (χ3n) is 5.37. The monoisotopic (exact) mass is 449 g/mol. The molecule has 1 heterocycles. The summed E-state index contributed by atoms with van der Waals surface area (Å²) in [6.45, 7) is 8.79. The van der Waals surface area contributed by atoms with Crippen LogP contribution < -0.4 is 9.47 Å². The molecule has 0 aliphatic rings. The highest BCUT2D eigenvalue weighted by Crippen LogP contribution is 2.36. The smallest absolute Gasteiger partial charge is 0.165 e. The number of hydrogen-bond acceptors (Lipinski definition) is 4. The van der Waals surface area contributed by atoms with Gasteiger partial charge < -0.3 is 14.5 Å². The highest BCUT2D eigenvalue weighted by atomic mass is 16.5. The summed E-state index contributed by atoms with van der Waals surface area (Å²) in [6, 6.07) is 22.2. The van der Waals surface area contributed by atoms with Crippen LogP contribution in [0.15, 0.2) is 73.3 Å². The minimum atomic E-state index is 0.433. The van der Waals surface area contributed by atoms with Crippen molar-refractivity contribution in [3.8, 4) is 17.6 Å². The van der Waals surface area contributed by atoms with E-state index in [-0.39, 0.29) is 0 Å². The molecule has 34 heavy (non-hydrogen) atoms. The highest BCUT2D eigenvalue weighted by molar-refractivity contribution is 5.90. The number of fused-ring (bicyclic) bond motifs is 1. The third-order valence-corrected chi connectivity index (χ3v) is 5.37. The summed E-state index contributed by atoms with van der Waals surface area (Å²) in [5.41, 5.74) is 6.16. The van der Waals surface area contributed by atoms with Crippen molar-refractivity contribution in [2.75, 3.05) is 6.61 Å². The molecule has 0 saturated heterocycles. The van der Waals surface area contributed by atoms with Crippen molar-refractivity contribution in [3.05, 3.63) is 101 Å². The molecule has 5 nitrogen and oxygen atoms in total. The number of nitrogens with zero attached hydrogens (tertiary/aromatic N) is 2. The standard InChI is InChI=1S/C29H27N3O2/c1-4-9-23-15-22(16-24(18-30)29-31-25-13-12-20(3)14-26(25)32-29)17-27(33-5-2)28(23)34-19-21-10-7-6-8-11-21/h4,6-8,10-17H,1,5,9,19H2,2-3H3,(H,31,32)/b24-16-. The Hall–Kier alpha value is -4.30. The van der Waals surface area contributed by atoms with Crippen molar-refractivity contribution < 1.29 is 9.47 Å². The van der Waals surface area contributed by atoms with Crippen LogP contribution in [-0.4, -0.2) is 16.6 Å². The lowest BCUT2D eigenvalue weighted by Crippen LogP contribution is -2.03. The van der Waals surface area contributed by atoms with Crippen molar-refractivity contribution in [2.45, 2.75) is 26.9 Å². The number of aryl methyl sites for hydroxylation is 1. The van der Waals surface area contributed by atoms with Crippen molar-refractivity contribution in [2.24, 2.45) is 0 Å². The molecule has 1 aromatic heterocycles. The second-order valence-corrected chi connectivity index (χ2v) is 7.98. The number of nitrogens with one attached hydrogen (secondary N) is 1. The molecule has 3 aromatic carbocycles. The molecule has 0 aliphatic heterocycles. The van der Waals surface area contributed by atoms with Gasteiger partial charge in [0, 0.05) is 5.56 Å². The van der Waals surface area contributed by atoms with E-state index < -0.39 is 0 Å². The van der Waals surface area contributed by atoms with Crippen LogP contribution >= 0.6 is 0 Å². The lowest BCUT2D eigenvalue weighted by molar-refractivity contribution is 0.267. The van der Waals surface area contributed by atoms with Crippen LogP contribution in [0, 0.1) is 18.3 Å². The SMILES string of the molecule is C=CCc1cc(/C=C(/C#N)c2nc3ccc(C)cc3[nH]2)cc(OCC)c1OCc1ccccc1. The van der Waals surface area contributed by atoms with E-state index in [1.165, 1.54) is 0 Å². The molecule has 0 spiro atoms. The minimum absolute atomic E-state index is 0.433. The summed E-state index contributed by atoms with van der Waals surface area (Å²) < 4.78 is 12.1. The lowest BCUT2D eigenvalue weighted by Gasteiger charge is -2.17. The first-order valence-corrected chi connectivity index (χ1v) is 11.3. The Morgan fingerprint density at radius 1 is 1.12 bits per heavy atom. The maximum Gasteiger partial charge on any atom is 0.165 e. The lowest BCUT2D eigenvalue weighted by atomic mass is 10.0. The van der Waals surface area contributed by atoms with Gasteiger partial charge in [0.05, 0.1) is 23.2 Å². The Morgan fingerprint density at radius 2 is 1.94 bits per heavy atom. The Balaban J connectivity index is 1.73. The molecule has 4 rings (SSSR count). The summed E-state index contributed by atoms with van der Waals surface area (Å²) >= 11 is 0. The molecule has 0 fully saturated rings. The second-order valence-electron chi connectivity index (χ2n) is 7.98. The first-order valence-electron chi connectivity index (χ1n) is 11.3. The van der Waals surface area contributed by atoms with E-state index in [2.05, 4.69) is 22.6 Å². The maximum atomic E-state index is 9.88. The van der Waals surface area contributed by atoms with Gasteiger partial charge in [-0.3, -0.25) is 0 Å². The Kier molecular flexibility index (Phi) is 7.10. The molecule has 5 heteroatoms. The van der Waals surface area contributed by atoms with E-state index in [1.54, 1.807) is 0 Å². The summed E-state index contributed by atoms with van der Waals surface area (Å²) in [5.74, 6) is 1.87. The number of aromatic nitrogens is 2. The topological polar surface area (TPSA) is 70.9 Å². The van der Waals surface area contributed by atoms with Gasteiger partial charge in [0.25, 0.3) is 0 Å². The summed E-state index contributed by atoms with van der Waals surface area (Å²) in [5, 5.41) is 9.88. The Morgan fingerprint density at radius 3 is 2.68 bits per heavy atom. The Labute approximate surface area is 200 Å². The molecule has 4 aromatic rings. The zero-order chi connectivity index (χ0) is 23.9. The number of ether oxygens (including phenoxy) is 2. The van der Waals surface area contributed by atoms with E-state index in [4.69, 9.17) is 9.47 Å². The molecule has 170 valence electrons. The molecule has 0 saturated carbocycles. The van der Waals surface area contributed by atoms with Crippen LogP contribution in [0.3, 0.4) is 0 Å². The first-order chi connectivity index (χ1) is 16.6. The molecular formula is C29H27N3O2. The van der Waals surface area contributed by atoms with Gasteiger partial charge in [-0.25, -0.2) is 4.98 Å². The van der Waals surface area contributed by atoms with Crippen molar-refractivity contribution in [3.63, 3.8) is 0 Å². The van der Waals surface area contributed by atoms with Gasteiger partial charge in [-0.1, -0.05) is 42.5 Å². The largest absolute Gasteiger partial charge is 0.490 e. The average molecular weight is 450 g/mol. The molecule has 0 radical (unpaired) electrons. The van der Waals surface area contributed by atoms with Crippen molar-refractivity contribution >= 4 is 22.7 Å². The van der Waals surface area contributed by atoms with E-state index in [9.17, 15) is 5.26 Å². The fraction of sp³-hybridized carbons (Fsp3) is 0.172. The highest BCUT2D eigenvalue weighted by Gasteiger charge is 2.15. The van der Waals surface area contributed by atoms with Crippen LogP contribution in [0.4, 0.5) is 0 Å². The van der Waals surface area contributed by atoms with Crippen LogP contribution in [0.2, 0.25) is 0 Å². The molecule has 0 amide bonds. The predicted molar refractivity (Wildman–Crippen MR) is 137 cm³/mol. The van der Waals surface area contributed by atoms with Crippen molar-refractivity contribution in [1.29, 1.82) is 5.26 Å². The maximum absolute atomic E-state index is 9.88. The van der Waals surface area contributed by atoms with Gasteiger partial charge in [0.1, 0.15) is 18.5 Å². The number of allylic oxidation sites excluding steroid dienone is 2. The average Bonchev–Trinajstić information content (AvgIpc) is 3.26. The number of rotatable bonds is 9. The summed E-state index contributed by atoms with van der Waals surface area (Å²) in [4.78, 5) is 7.86. The zero-order valence-electron chi connectivity index (χ0n) is 19.5. The molecular weight excluding hydrogens is 422 g/mol. The third kappa shape index (κ3) is 5.19. The number of hydrogen-bond donors (Lipinski definition) is 1. The Bertz CT molecular complexity index is 1380. The summed E-state index contributed by atoms with van der Waals surface area (Å²) in [7, 11) is 0. The van der Waals surface area contributed by atoms with Crippen molar-refractivity contribution in [1.82, 2.24) is 9.97 Å². The minimum Gasteiger partial charge on any atom is -0.490 e. The normalized spacial score (nSPS) is 11.3. The summed E-state index contributed by atoms with van der Waals surface area (Å²) in [6.07, 6.45) is 4.26.